The van der Waals surface area contributed by atoms with Gasteiger partial charge in [-0.3, -0.25) is 9.58 Å². The molecule has 0 saturated carbocycles. The van der Waals surface area contributed by atoms with Crippen LogP contribution in [0.4, 0.5) is 0 Å². The minimum Gasteiger partial charge on any atom is -0.476 e. The second-order valence-electron chi connectivity index (χ2n) is 5.32. The number of hydrogen-bond donors (Lipinski definition) is 2. The number of carboxylic acid groups (broad SMARTS) is 1. The van der Waals surface area contributed by atoms with Gasteiger partial charge >= 0.3 is 5.97 Å². The van der Waals surface area contributed by atoms with Gasteiger partial charge < -0.3 is 10.4 Å². The Bertz CT molecular complexity index is 428. The topological polar surface area (TPSA) is 83.3 Å². The summed E-state index contributed by atoms with van der Waals surface area (Å²) in [5.74, 6) is -1.04. The van der Waals surface area contributed by atoms with Gasteiger partial charge in [-0.15, -0.1) is 5.10 Å². The molecule has 0 radical (unpaired) electrons. The number of piperidine rings is 1. The summed E-state index contributed by atoms with van der Waals surface area (Å²) >= 11 is 0. The fraction of sp³-hybridized carbons (Fsp3) is 0.769. The van der Waals surface area contributed by atoms with E-state index >= 15 is 0 Å². The predicted octanol–water partition coefficient (Wildman–Crippen LogP) is 0.440. The van der Waals surface area contributed by atoms with Crippen LogP contribution >= 0.6 is 0 Å². The molecule has 1 aromatic heterocycles. The lowest BCUT2D eigenvalue weighted by atomic mass is 10.1. The number of aromatic nitrogens is 3. The number of aromatic carboxylic acids is 1. The third-order valence-electron chi connectivity index (χ3n) is 3.73. The van der Waals surface area contributed by atoms with E-state index in [-0.39, 0.29) is 5.69 Å². The second kappa shape index (κ2) is 7.35. The van der Waals surface area contributed by atoms with Crippen LogP contribution in [-0.4, -0.2) is 63.2 Å². The van der Waals surface area contributed by atoms with Crippen molar-refractivity contribution in [2.24, 2.45) is 0 Å². The van der Waals surface area contributed by atoms with Gasteiger partial charge in [0.25, 0.3) is 0 Å². The smallest absolute Gasteiger partial charge is 0.358 e. The van der Waals surface area contributed by atoms with Gasteiger partial charge in [-0.25, -0.2) is 4.79 Å². The van der Waals surface area contributed by atoms with E-state index < -0.39 is 5.97 Å². The zero-order valence-electron chi connectivity index (χ0n) is 12.0. The van der Waals surface area contributed by atoms with E-state index in [1.807, 2.05) is 0 Å². The van der Waals surface area contributed by atoms with Gasteiger partial charge in [-0.1, -0.05) is 11.6 Å². The predicted molar refractivity (Wildman–Crippen MR) is 74.7 cm³/mol. The summed E-state index contributed by atoms with van der Waals surface area (Å²) in [4.78, 5) is 13.2. The Kier molecular flexibility index (Phi) is 5.49. The zero-order valence-corrected chi connectivity index (χ0v) is 12.0. The number of carbonyl (C=O) groups is 1. The normalized spacial score (nSPS) is 18.1. The highest BCUT2D eigenvalue weighted by Gasteiger charge is 2.15. The quantitative estimate of drug-likeness (QED) is 0.706. The van der Waals surface area contributed by atoms with Crippen LogP contribution in [0.1, 0.15) is 36.7 Å². The van der Waals surface area contributed by atoms with Crippen molar-refractivity contribution in [2.75, 3.05) is 26.2 Å². The molecule has 20 heavy (non-hydrogen) atoms. The molecule has 2 heterocycles. The average molecular weight is 281 g/mol. The van der Waals surface area contributed by atoms with Crippen molar-refractivity contribution >= 4 is 5.97 Å². The highest BCUT2D eigenvalue weighted by atomic mass is 16.4. The van der Waals surface area contributed by atoms with E-state index in [2.05, 4.69) is 27.5 Å². The molecular weight excluding hydrogens is 258 g/mol. The van der Waals surface area contributed by atoms with Crippen molar-refractivity contribution in [1.82, 2.24) is 25.2 Å². The Labute approximate surface area is 119 Å². The molecule has 1 saturated heterocycles. The number of nitrogens with one attached hydrogen (secondary N) is 1. The fourth-order valence-corrected chi connectivity index (χ4v) is 2.50. The third-order valence-corrected chi connectivity index (χ3v) is 3.73. The molecule has 7 nitrogen and oxygen atoms in total. The second-order valence-corrected chi connectivity index (χ2v) is 5.32. The summed E-state index contributed by atoms with van der Waals surface area (Å²) in [5.41, 5.74) is -0.00770. The highest BCUT2D eigenvalue weighted by Crippen LogP contribution is 2.11. The van der Waals surface area contributed by atoms with Gasteiger partial charge in [-0.2, -0.15) is 0 Å². The first-order valence-corrected chi connectivity index (χ1v) is 7.25. The van der Waals surface area contributed by atoms with E-state index in [9.17, 15) is 4.79 Å². The molecule has 0 amide bonds. The average Bonchev–Trinajstić information content (AvgIpc) is 2.93. The molecule has 112 valence electrons. The van der Waals surface area contributed by atoms with Gasteiger partial charge in [0.05, 0.1) is 12.7 Å². The number of rotatable bonds is 7. The molecule has 7 heteroatoms. The zero-order chi connectivity index (χ0) is 14.4. The van der Waals surface area contributed by atoms with Crippen molar-refractivity contribution in [3.05, 3.63) is 11.9 Å². The maximum absolute atomic E-state index is 10.7. The summed E-state index contributed by atoms with van der Waals surface area (Å²) in [6.45, 7) is 6.99. The lowest BCUT2D eigenvalue weighted by Crippen LogP contribution is -2.43. The van der Waals surface area contributed by atoms with Crippen molar-refractivity contribution in [3.63, 3.8) is 0 Å². The van der Waals surface area contributed by atoms with Crippen LogP contribution in [0, 0.1) is 0 Å². The molecule has 1 unspecified atom stereocenters. The van der Waals surface area contributed by atoms with Crippen LogP contribution in [-0.2, 0) is 6.54 Å². The molecule has 0 aromatic carbocycles. The van der Waals surface area contributed by atoms with Crippen LogP contribution in [0.25, 0.3) is 0 Å². The van der Waals surface area contributed by atoms with Crippen molar-refractivity contribution < 1.29 is 9.90 Å². The first kappa shape index (κ1) is 14.9. The molecule has 1 aliphatic heterocycles. The van der Waals surface area contributed by atoms with Gasteiger partial charge in [0.15, 0.2) is 5.69 Å². The summed E-state index contributed by atoms with van der Waals surface area (Å²) in [6, 6.07) is 0.542. The molecule has 1 atom stereocenters. The Morgan fingerprint density at radius 1 is 1.45 bits per heavy atom. The minimum absolute atomic E-state index is 0.00770. The summed E-state index contributed by atoms with van der Waals surface area (Å²) < 4.78 is 1.56. The van der Waals surface area contributed by atoms with E-state index in [0.717, 1.165) is 13.1 Å². The number of hydrogen-bond acceptors (Lipinski definition) is 5. The Hall–Kier alpha value is -1.47. The van der Waals surface area contributed by atoms with E-state index in [0.29, 0.717) is 12.6 Å². The van der Waals surface area contributed by atoms with E-state index in [4.69, 9.17) is 5.11 Å². The highest BCUT2D eigenvalue weighted by molar-refractivity contribution is 5.84. The lowest BCUT2D eigenvalue weighted by Gasteiger charge is -2.32. The largest absolute Gasteiger partial charge is 0.476 e. The van der Waals surface area contributed by atoms with Crippen molar-refractivity contribution in [1.29, 1.82) is 0 Å². The number of likely N-dealkylation sites (tertiary alicyclic amines) is 1. The van der Waals surface area contributed by atoms with Crippen molar-refractivity contribution in [3.8, 4) is 0 Å². The molecule has 0 spiro atoms. The Morgan fingerprint density at radius 3 is 2.85 bits per heavy atom. The van der Waals surface area contributed by atoms with Crippen LogP contribution in [0.15, 0.2) is 6.20 Å². The lowest BCUT2D eigenvalue weighted by molar-refractivity contribution is 0.0690. The van der Waals surface area contributed by atoms with Gasteiger partial charge in [0.1, 0.15) is 0 Å². The molecule has 0 bridgehead atoms. The monoisotopic (exact) mass is 281 g/mol. The number of nitrogens with zero attached hydrogens (tertiary/aromatic N) is 4. The first-order valence-electron chi connectivity index (χ1n) is 7.25. The van der Waals surface area contributed by atoms with Gasteiger partial charge in [0, 0.05) is 19.1 Å². The van der Waals surface area contributed by atoms with Crippen LogP contribution in [0.3, 0.4) is 0 Å². The maximum Gasteiger partial charge on any atom is 0.358 e. The van der Waals surface area contributed by atoms with Crippen LogP contribution in [0.2, 0.25) is 0 Å². The third kappa shape index (κ3) is 4.28. The fourth-order valence-electron chi connectivity index (χ4n) is 2.50. The van der Waals surface area contributed by atoms with Gasteiger partial charge in [0.2, 0.25) is 0 Å². The van der Waals surface area contributed by atoms with Crippen LogP contribution in [0.5, 0.6) is 0 Å². The Morgan fingerprint density at radius 2 is 2.20 bits per heavy atom. The first-order chi connectivity index (χ1) is 9.66. The van der Waals surface area contributed by atoms with E-state index in [1.54, 1.807) is 4.68 Å². The number of carboxylic acids is 1. The molecule has 2 N–H and O–H groups in total. The Balaban J connectivity index is 1.64. The SMILES string of the molecule is CC(CNCCn1cc(C(=O)O)nn1)N1CCCCC1. The summed E-state index contributed by atoms with van der Waals surface area (Å²) in [6.07, 6.45) is 5.43. The molecule has 0 aliphatic carbocycles. The molecule has 1 aromatic rings. The molecular formula is C13H23N5O2. The van der Waals surface area contributed by atoms with Gasteiger partial charge in [-0.05, 0) is 32.9 Å². The molecule has 1 fully saturated rings. The summed E-state index contributed by atoms with van der Waals surface area (Å²) in [7, 11) is 0. The maximum atomic E-state index is 10.7. The standard InChI is InChI=1S/C13H23N5O2/c1-11(17-6-3-2-4-7-17)9-14-5-8-18-10-12(13(19)20)15-16-18/h10-11,14H,2-9H2,1H3,(H,19,20). The van der Waals surface area contributed by atoms with E-state index in [1.165, 1.54) is 38.5 Å². The van der Waals surface area contributed by atoms with Crippen LogP contribution < -0.4 is 5.32 Å². The minimum atomic E-state index is -1.04. The summed E-state index contributed by atoms with van der Waals surface area (Å²) in [5, 5.41) is 19.5. The molecule has 2 rings (SSSR count). The molecule has 1 aliphatic rings. The van der Waals surface area contributed by atoms with Crippen molar-refractivity contribution in [2.45, 2.75) is 38.8 Å².